The first kappa shape index (κ1) is 23.6. The number of carbonyl (C=O) groups is 2. The van der Waals surface area contributed by atoms with Gasteiger partial charge in [-0.05, 0) is 59.7 Å². The molecular weight excluding hydrogens is 490 g/mol. The van der Waals surface area contributed by atoms with Crippen LogP contribution in [0.4, 0.5) is 5.69 Å². The van der Waals surface area contributed by atoms with Crippen molar-refractivity contribution in [3.63, 3.8) is 0 Å². The number of carbonyl (C=O) groups excluding carboxylic acids is 2. The lowest BCUT2D eigenvalue weighted by Crippen LogP contribution is -2.20. The SMILES string of the molecule is O=C(CSCc1cccc(Br)c1)N/N=C/c1ccc(OCC(=O)Nc2ccccc2)cc1. The van der Waals surface area contributed by atoms with Crippen molar-refractivity contribution >= 4 is 51.4 Å². The van der Waals surface area contributed by atoms with E-state index < -0.39 is 0 Å². The predicted molar refractivity (Wildman–Crippen MR) is 133 cm³/mol. The molecule has 8 heteroatoms. The number of ether oxygens (including phenoxy) is 1. The summed E-state index contributed by atoms with van der Waals surface area (Å²) in [6.07, 6.45) is 1.56. The summed E-state index contributed by atoms with van der Waals surface area (Å²) in [6, 6.07) is 24.3. The van der Waals surface area contributed by atoms with Crippen LogP contribution in [0.5, 0.6) is 5.75 Å². The molecule has 0 unspecified atom stereocenters. The highest BCUT2D eigenvalue weighted by Crippen LogP contribution is 2.17. The molecule has 0 fully saturated rings. The maximum atomic E-state index is 11.9. The molecular formula is C24H22BrN3O3S. The van der Waals surface area contributed by atoms with Gasteiger partial charge in [-0.3, -0.25) is 9.59 Å². The van der Waals surface area contributed by atoms with Crippen molar-refractivity contribution in [2.75, 3.05) is 17.7 Å². The molecule has 3 rings (SSSR count). The van der Waals surface area contributed by atoms with Crippen molar-refractivity contribution in [3.05, 3.63) is 94.5 Å². The quantitative estimate of drug-likeness (QED) is 0.301. The molecule has 32 heavy (non-hydrogen) atoms. The number of hydrazone groups is 1. The van der Waals surface area contributed by atoms with Gasteiger partial charge in [-0.2, -0.15) is 5.10 Å². The molecule has 0 aliphatic carbocycles. The monoisotopic (exact) mass is 511 g/mol. The molecule has 3 aromatic carbocycles. The largest absolute Gasteiger partial charge is 0.484 e. The van der Waals surface area contributed by atoms with E-state index in [-0.39, 0.29) is 18.4 Å². The first-order chi connectivity index (χ1) is 15.6. The number of nitrogens with one attached hydrogen (secondary N) is 2. The van der Waals surface area contributed by atoms with Crippen LogP contribution in [0.1, 0.15) is 11.1 Å². The lowest BCUT2D eigenvalue weighted by molar-refractivity contribution is -0.119. The van der Waals surface area contributed by atoms with Crippen LogP contribution in [0.3, 0.4) is 0 Å². The summed E-state index contributed by atoms with van der Waals surface area (Å²) in [6.45, 7) is -0.0873. The van der Waals surface area contributed by atoms with Gasteiger partial charge in [-0.1, -0.05) is 46.3 Å². The van der Waals surface area contributed by atoms with Crippen LogP contribution in [0.2, 0.25) is 0 Å². The van der Waals surface area contributed by atoms with Crippen molar-refractivity contribution in [1.82, 2.24) is 5.43 Å². The second-order valence-corrected chi connectivity index (χ2v) is 8.59. The van der Waals surface area contributed by atoms with Crippen molar-refractivity contribution in [3.8, 4) is 5.75 Å². The number of benzene rings is 3. The minimum atomic E-state index is -0.234. The summed E-state index contributed by atoms with van der Waals surface area (Å²) in [5.74, 6) is 1.24. The Hall–Kier alpha value is -3.10. The summed E-state index contributed by atoms with van der Waals surface area (Å²) >= 11 is 4.96. The molecule has 0 saturated carbocycles. The molecule has 0 heterocycles. The molecule has 164 valence electrons. The van der Waals surface area contributed by atoms with Gasteiger partial charge in [0.15, 0.2) is 6.61 Å². The number of hydrogen-bond donors (Lipinski definition) is 2. The van der Waals surface area contributed by atoms with Crippen LogP contribution in [0, 0.1) is 0 Å². The average Bonchev–Trinajstić information content (AvgIpc) is 2.79. The zero-order valence-electron chi connectivity index (χ0n) is 17.2. The van der Waals surface area contributed by atoms with E-state index in [9.17, 15) is 9.59 Å². The van der Waals surface area contributed by atoms with Gasteiger partial charge < -0.3 is 10.1 Å². The van der Waals surface area contributed by atoms with E-state index in [1.54, 1.807) is 30.5 Å². The van der Waals surface area contributed by atoms with E-state index in [0.29, 0.717) is 11.5 Å². The van der Waals surface area contributed by atoms with Gasteiger partial charge in [0.25, 0.3) is 5.91 Å². The fraction of sp³-hybridized carbons (Fsp3) is 0.125. The van der Waals surface area contributed by atoms with E-state index in [1.807, 2.05) is 54.6 Å². The van der Waals surface area contributed by atoms with E-state index >= 15 is 0 Å². The fourth-order valence-electron chi connectivity index (χ4n) is 2.62. The number of anilines is 1. The maximum Gasteiger partial charge on any atom is 0.262 e. The summed E-state index contributed by atoms with van der Waals surface area (Å²) in [4.78, 5) is 23.8. The molecule has 0 aromatic heterocycles. The van der Waals surface area contributed by atoms with Crippen LogP contribution < -0.4 is 15.5 Å². The third-order valence-electron chi connectivity index (χ3n) is 4.10. The fourth-order valence-corrected chi connectivity index (χ4v) is 3.83. The van der Waals surface area contributed by atoms with Gasteiger partial charge in [0.1, 0.15) is 5.75 Å². The smallest absolute Gasteiger partial charge is 0.262 e. The van der Waals surface area contributed by atoms with Crippen LogP contribution in [-0.4, -0.2) is 30.4 Å². The Balaban J connectivity index is 1.35. The number of amides is 2. The van der Waals surface area contributed by atoms with Crippen molar-refractivity contribution in [1.29, 1.82) is 0 Å². The minimum absolute atomic E-state index is 0.0873. The van der Waals surface area contributed by atoms with E-state index in [4.69, 9.17) is 4.74 Å². The normalized spacial score (nSPS) is 10.7. The molecule has 0 radical (unpaired) electrons. The Bertz CT molecular complexity index is 1060. The highest BCUT2D eigenvalue weighted by atomic mass is 79.9. The Labute approximate surface area is 199 Å². The molecule has 2 N–H and O–H groups in total. The zero-order chi connectivity index (χ0) is 22.6. The Morgan fingerprint density at radius 3 is 2.50 bits per heavy atom. The second-order valence-electron chi connectivity index (χ2n) is 6.69. The van der Waals surface area contributed by atoms with Crippen molar-refractivity contribution < 1.29 is 14.3 Å². The summed E-state index contributed by atoms with van der Waals surface area (Å²) in [5, 5.41) is 6.74. The third-order valence-corrected chi connectivity index (χ3v) is 5.60. The van der Waals surface area contributed by atoms with Gasteiger partial charge >= 0.3 is 0 Å². The Morgan fingerprint density at radius 1 is 0.969 bits per heavy atom. The number of rotatable bonds is 10. The van der Waals surface area contributed by atoms with E-state index in [1.165, 1.54) is 11.8 Å². The first-order valence-electron chi connectivity index (χ1n) is 9.80. The lowest BCUT2D eigenvalue weighted by Gasteiger charge is -2.07. The molecule has 2 amide bonds. The van der Waals surface area contributed by atoms with Gasteiger partial charge in [-0.15, -0.1) is 11.8 Å². The first-order valence-corrected chi connectivity index (χ1v) is 11.7. The molecule has 0 bridgehead atoms. The molecule has 0 aliphatic heterocycles. The standard InChI is InChI=1S/C24H22BrN3O3S/c25-20-6-4-5-19(13-20)16-32-17-24(30)28-26-14-18-9-11-22(12-10-18)31-15-23(29)27-21-7-2-1-3-8-21/h1-14H,15-17H2,(H,27,29)(H,28,30)/b26-14+. The van der Waals surface area contributed by atoms with E-state index in [0.717, 1.165) is 27.0 Å². The summed E-state index contributed by atoms with van der Waals surface area (Å²) < 4.78 is 6.52. The van der Waals surface area contributed by atoms with Crippen LogP contribution >= 0.6 is 27.7 Å². The maximum absolute atomic E-state index is 11.9. The molecule has 0 atom stereocenters. The van der Waals surface area contributed by atoms with Gasteiger partial charge in [0.2, 0.25) is 5.91 Å². The summed E-state index contributed by atoms with van der Waals surface area (Å²) in [7, 11) is 0. The highest BCUT2D eigenvalue weighted by molar-refractivity contribution is 9.10. The lowest BCUT2D eigenvalue weighted by atomic mass is 10.2. The number of nitrogens with zero attached hydrogens (tertiary/aromatic N) is 1. The molecule has 0 saturated heterocycles. The predicted octanol–water partition coefficient (Wildman–Crippen LogP) is 4.85. The molecule has 0 aliphatic rings. The van der Waals surface area contributed by atoms with Gasteiger partial charge in [0.05, 0.1) is 12.0 Å². The zero-order valence-corrected chi connectivity index (χ0v) is 19.6. The second kappa shape index (κ2) is 12.7. The van der Waals surface area contributed by atoms with Crippen LogP contribution in [-0.2, 0) is 15.3 Å². The molecule has 6 nitrogen and oxygen atoms in total. The van der Waals surface area contributed by atoms with Crippen molar-refractivity contribution in [2.24, 2.45) is 5.10 Å². The number of para-hydroxylation sites is 1. The average molecular weight is 512 g/mol. The van der Waals surface area contributed by atoms with Gasteiger partial charge in [-0.25, -0.2) is 5.43 Å². The van der Waals surface area contributed by atoms with Crippen LogP contribution in [0.15, 0.2) is 88.4 Å². The van der Waals surface area contributed by atoms with E-state index in [2.05, 4.69) is 31.8 Å². The van der Waals surface area contributed by atoms with Crippen molar-refractivity contribution in [2.45, 2.75) is 5.75 Å². The Morgan fingerprint density at radius 2 is 1.75 bits per heavy atom. The highest BCUT2D eigenvalue weighted by Gasteiger charge is 2.04. The third kappa shape index (κ3) is 8.56. The molecule has 0 spiro atoms. The number of hydrogen-bond acceptors (Lipinski definition) is 5. The summed E-state index contributed by atoms with van der Waals surface area (Å²) in [5.41, 5.74) is 5.20. The number of halogens is 1. The minimum Gasteiger partial charge on any atom is -0.484 e. The van der Waals surface area contributed by atoms with Gasteiger partial charge in [0, 0.05) is 15.9 Å². The topological polar surface area (TPSA) is 79.8 Å². The van der Waals surface area contributed by atoms with Crippen LogP contribution in [0.25, 0.3) is 0 Å². The molecule has 3 aromatic rings. The number of thioether (sulfide) groups is 1. The Kier molecular flexibility index (Phi) is 9.34.